The third-order valence-corrected chi connectivity index (χ3v) is 3.71. The van der Waals surface area contributed by atoms with Crippen LogP contribution in [0.4, 0.5) is 0 Å². The van der Waals surface area contributed by atoms with E-state index in [1.165, 1.54) is 0 Å². The second kappa shape index (κ2) is 4.55. The molecule has 4 nitrogen and oxygen atoms in total. The number of hydrogen-bond acceptors (Lipinski definition) is 3. The summed E-state index contributed by atoms with van der Waals surface area (Å²) >= 11 is 0. The second-order valence-corrected chi connectivity index (χ2v) is 5.65. The van der Waals surface area contributed by atoms with Gasteiger partial charge in [0.15, 0.2) is 0 Å². The maximum atomic E-state index is 5.97. The van der Waals surface area contributed by atoms with Gasteiger partial charge >= 0.3 is 7.12 Å². The molecular formula is C13H21BN2O2. The van der Waals surface area contributed by atoms with E-state index in [2.05, 4.69) is 38.9 Å². The zero-order chi connectivity index (χ0) is 13.4. The van der Waals surface area contributed by atoms with Crippen LogP contribution in [0.1, 0.15) is 34.6 Å². The fourth-order valence-corrected chi connectivity index (χ4v) is 1.79. The average molecular weight is 248 g/mol. The maximum absolute atomic E-state index is 5.97. The lowest BCUT2D eigenvalue weighted by Gasteiger charge is -2.32. The SMILES string of the molecule is CC=CCn1cc(B2OC(C)(C)C(C)(C)O2)cn1. The van der Waals surface area contributed by atoms with E-state index in [9.17, 15) is 0 Å². The van der Waals surface area contributed by atoms with Gasteiger partial charge in [-0.1, -0.05) is 12.2 Å². The Hall–Kier alpha value is -1.07. The van der Waals surface area contributed by atoms with Crippen LogP contribution in [0.15, 0.2) is 24.5 Å². The van der Waals surface area contributed by atoms with E-state index < -0.39 is 0 Å². The first-order chi connectivity index (χ1) is 8.36. The van der Waals surface area contributed by atoms with Gasteiger partial charge < -0.3 is 9.31 Å². The largest absolute Gasteiger partial charge is 0.498 e. The Bertz CT molecular complexity index is 436. The summed E-state index contributed by atoms with van der Waals surface area (Å²) in [5, 5.41) is 4.30. The highest BCUT2D eigenvalue weighted by molar-refractivity contribution is 6.61. The van der Waals surface area contributed by atoms with Gasteiger partial charge in [-0.3, -0.25) is 4.68 Å². The predicted molar refractivity (Wildman–Crippen MR) is 72.8 cm³/mol. The first-order valence-electron chi connectivity index (χ1n) is 6.35. The van der Waals surface area contributed by atoms with Crippen LogP contribution in [0, 0.1) is 0 Å². The highest BCUT2D eigenvalue weighted by atomic mass is 16.7. The minimum atomic E-state index is -0.325. The number of aromatic nitrogens is 2. The monoisotopic (exact) mass is 248 g/mol. The topological polar surface area (TPSA) is 36.3 Å². The first kappa shape index (κ1) is 13.4. The molecule has 0 aliphatic carbocycles. The number of rotatable bonds is 3. The Morgan fingerprint density at radius 1 is 1.28 bits per heavy atom. The summed E-state index contributed by atoms with van der Waals surface area (Å²) in [7, 11) is -0.325. The Morgan fingerprint density at radius 2 is 1.89 bits per heavy atom. The van der Waals surface area contributed by atoms with Gasteiger partial charge in [0.1, 0.15) is 0 Å². The van der Waals surface area contributed by atoms with E-state index in [-0.39, 0.29) is 18.3 Å². The summed E-state index contributed by atoms with van der Waals surface area (Å²) in [6.45, 7) is 11.0. The van der Waals surface area contributed by atoms with E-state index in [1.54, 1.807) is 0 Å². The van der Waals surface area contributed by atoms with Gasteiger partial charge in [-0.15, -0.1) is 0 Å². The summed E-state index contributed by atoms with van der Waals surface area (Å²) in [5.74, 6) is 0. The lowest BCUT2D eigenvalue weighted by molar-refractivity contribution is 0.00578. The van der Waals surface area contributed by atoms with Crippen molar-refractivity contribution in [3.8, 4) is 0 Å². The molecule has 0 saturated carbocycles. The van der Waals surface area contributed by atoms with Crippen molar-refractivity contribution in [2.45, 2.75) is 52.4 Å². The van der Waals surface area contributed by atoms with Crippen molar-refractivity contribution < 1.29 is 9.31 Å². The number of hydrogen-bond donors (Lipinski definition) is 0. The highest BCUT2D eigenvalue weighted by Crippen LogP contribution is 2.36. The quantitative estimate of drug-likeness (QED) is 0.604. The Kier molecular flexibility index (Phi) is 3.38. The van der Waals surface area contributed by atoms with Gasteiger partial charge in [-0.2, -0.15) is 5.10 Å². The molecule has 1 saturated heterocycles. The fraction of sp³-hybridized carbons (Fsp3) is 0.615. The van der Waals surface area contributed by atoms with Crippen LogP contribution in [-0.4, -0.2) is 28.1 Å². The van der Waals surface area contributed by atoms with Crippen molar-refractivity contribution in [1.29, 1.82) is 0 Å². The minimum absolute atomic E-state index is 0.302. The normalized spacial score (nSPS) is 21.9. The molecule has 0 atom stereocenters. The van der Waals surface area contributed by atoms with Gasteiger partial charge in [0.2, 0.25) is 0 Å². The molecule has 5 heteroatoms. The smallest absolute Gasteiger partial charge is 0.399 e. The molecule has 0 bridgehead atoms. The van der Waals surface area contributed by atoms with Crippen molar-refractivity contribution in [3.63, 3.8) is 0 Å². The lowest BCUT2D eigenvalue weighted by Crippen LogP contribution is -2.41. The molecule has 2 heterocycles. The number of allylic oxidation sites excluding steroid dienone is 2. The molecule has 2 rings (SSSR count). The van der Waals surface area contributed by atoms with Crippen LogP contribution in [-0.2, 0) is 15.9 Å². The molecule has 1 aliphatic rings. The average Bonchev–Trinajstić information content (AvgIpc) is 2.80. The van der Waals surface area contributed by atoms with E-state index >= 15 is 0 Å². The molecule has 0 spiro atoms. The van der Waals surface area contributed by atoms with Crippen LogP contribution in [0.5, 0.6) is 0 Å². The van der Waals surface area contributed by atoms with Crippen molar-refractivity contribution >= 4 is 12.6 Å². The molecule has 1 aromatic heterocycles. The highest BCUT2D eigenvalue weighted by Gasteiger charge is 2.52. The van der Waals surface area contributed by atoms with Crippen LogP contribution in [0.2, 0.25) is 0 Å². The first-order valence-corrected chi connectivity index (χ1v) is 6.35. The molecule has 98 valence electrons. The molecule has 0 amide bonds. The molecule has 1 aliphatic heterocycles. The Labute approximate surface area is 109 Å². The second-order valence-electron chi connectivity index (χ2n) is 5.65. The van der Waals surface area contributed by atoms with Crippen molar-refractivity contribution in [2.75, 3.05) is 0 Å². The van der Waals surface area contributed by atoms with Crippen LogP contribution < -0.4 is 5.46 Å². The molecule has 0 unspecified atom stereocenters. The van der Waals surface area contributed by atoms with Crippen LogP contribution >= 0.6 is 0 Å². The summed E-state index contributed by atoms with van der Waals surface area (Å²) in [6.07, 6.45) is 7.85. The summed E-state index contributed by atoms with van der Waals surface area (Å²) in [4.78, 5) is 0. The van der Waals surface area contributed by atoms with Crippen LogP contribution in [0.3, 0.4) is 0 Å². The van der Waals surface area contributed by atoms with Crippen molar-refractivity contribution in [1.82, 2.24) is 9.78 Å². The van der Waals surface area contributed by atoms with Gasteiger partial charge in [0.25, 0.3) is 0 Å². The third kappa shape index (κ3) is 2.38. The molecular weight excluding hydrogens is 227 g/mol. The van der Waals surface area contributed by atoms with E-state index in [0.29, 0.717) is 0 Å². The fourth-order valence-electron chi connectivity index (χ4n) is 1.79. The van der Waals surface area contributed by atoms with Gasteiger partial charge in [0, 0.05) is 17.9 Å². The van der Waals surface area contributed by atoms with E-state index in [0.717, 1.165) is 12.0 Å². The molecule has 1 aromatic rings. The summed E-state index contributed by atoms with van der Waals surface area (Å²) in [6, 6.07) is 0. The zero-order valence-electron chi connectivity index (χ0n) is 11.8. The Balaban J connectivity index is 2.12. The molecule has 0 N–H and O–H groups in total. The molecule has 1 fully saturated rings. The third-order valence-electron chi connectivity index (χ3n) is 3.71. The van der Waals surface area contributed by atoms with Gasteiger partial charge in [0.05, 0.1) is 17.7 Å². The molecule has 0 radical (unpaired) electrons. The summed E-state index contributed by atoms with van der Waals surface area (Å²) in [5.41, 5.74) is 0.366. The standard InChI is InChI=1S/C13H21BN2O2/c1-6-7-8-16-10-11(9-15-16)14-17-12(2,3)13(4,5)18-14/h6-7,9-10H,8H2,1-5H3. The summed E-state index contributed by atoms with van der Waals surface area (Å²) < 4.78 is 13.8. The number of nitrogens with zero attached hydrogens (tertiary/aromatic N) is 2. The Morgan fingerprint density at radius 3 is 2.44 bits per heavy atom. The lowest BCUT2D eigenvalue weighted by atomic mass is 9.82. The predicted octanol–water partition coefficient (Wildman–Crippen LogP) is 1.76. The van der Waals surface area contributed by atoms with Gasteiger partial charge in [-0.25, -0.2) is 0 Å². The van der Waals surface area contributed by atoms with Crippen LogP contribution in [0.25, 0.3) is 0 Å². The van der Waals surface area contributed by atoms with E-state index in [4.69, 9.17) is 9.31 Å². The van der Waals surface area contributed by atoms with Crippen molar-refractivity contribution in [3.05, 3.63) is 24.5 Å². The molecule has 18 heavy (non-hydrogen) atoms. The van der Waals surface area contributed by atoms with Gasteiger partial charge in [-0.05, 0) is 34.6 Å². The molecule has 0 aromatic carbocycles. The zero-order valence-corrected chi connectivity index (χ0v) is 11.8. The minimum Gasteiger partial charge on any atom is -0.399 e. The maximum Gasteiger partial charge on any atom is 0.498 e. The van der Waals surface area contributed by atoms with E-state index in [1.807, 2.05) is 30.1 Å². The van der Waals surface area contributed by atoms with Crippen molar-refractivity contribution in [2.24, 2.45) is 0 Å².